The van der Waals surface area contributed by atoms with Gasteiger partial charge >= 0.3 is 10.2 Å². The van der Waals surface area contributed by atoms with Gasteiger partial charge in [0.05, 0.1) is 11.8 Å². The summed E-state index contributed by atoms with van der Waals surface area (Å²) in [6.45, 7) is 0.854. The van der Waals surface area contributed by atoms with Gasteiger partial charge in [-0.1, -0.05) is 18.2 Å². The van der Waals surface area contributed by atoms with Crippen molar-refractivity contribution < 1.29 is 17.9 Å². The Balaban J connectivity index is 2.07. The molecule has 1 fully saturated rings. The van der Waals surface area contributed by atoms with Crippen LogP contribution in [0.25, 0.3) is 0 Å². The number of anilines is 1. The van der Waals surface area contributed by atoms with E-state index in [0.29, 0.717) is 18.8 Å². The highest BCUT2D eigenvalue weighted by Crippen LogP contribution is 2.18. The number of nitrogens with one attached hydrogen (secondary N) is 1. The van der Waals surface area contributed by atoms with Crippen LogP contribution in [0, 0.1) is 0 Å². The number of hydrogen-bond donors (Lipinski definition) is 1. The molecule has 1 atom stereocenters. The fraction of sp³-hybridized carbons (Fsp3) is 0.533. The maximum Gasteiger partial charge on any atom is 0.304 e. The number of amides is 1. The number of rotatable bonds is 7. The Morgan fingerprint density at radius 3 is 2.57 bits per heavy atom. The lowest BCUT2D eigenvalue weighted by Gasteiger charge is -2.27. The SMILES string of the molecule is CN(C)S(=O)(=O)N(CC(=O)NCC1CCCO1)c1ccccc1. The Bertz CT molecular complexity index is 613. The van der Waals surface area contributed by atoms with Crippen LogP contribution >= 0.6 is 0 Å². The van der Waals surface area contributed by atoms with E-state index in [-0.39, 0.29) is 18.6 Å². The highest BCUT2D eigenvalue weighted by Gasteiger charge is 2.27. The minimum atomic E-state index is -3.75. The van der Waals surface area contributed by atoms with E-state index in [1.807, 2.05) is 0 Å². The predicted molar refractivity (Wildman–Crippen MR) is 88.4 cm³/mol. The van der Waals surface area contributed by atoms with Crippen molar-refractivity contribution in [2.24, 2.45) is 0 Å². The number of benzene rings is 1. The van der Waals surface area contributed by atoms with Crippen LogP contribution in [0.2, 0.25) is 0 Å². The number of ether oxygens (including phenoxy) is 1. The summed E-state index contributed by atoms with van der Waals surface area (Å²) >= 11 is 0. The fourth-order valence-electron chi connectivity index (χ4n) is 2.32. The van der Waals surface area contributed by atoms with Crippen LogP contribution in [0.4, 0.5) is 5.69 Å². The molecule has 8 heteroatoms. The van der Waals surface area contributed by atoms with Crippen LogP contribution in [-0.2, 0) is 19.7 Å². The summed E-state index contributed by atoms with van der Waals surface area (Å²) in [7, 11) is -0.870. The molecule has 23 heavy (non-hydrogen) atoms. The molecule has 0 aromatic heterocycles. The third-order valence-corrected chi connectivity index (χ3v) is 5.44. The van der Waals surface area contributed by atoms with Gasteiger partial charge in [0.15, 0.2) is 0 Å². The molecule has 128 valence electrons. The zero-order valence-corrected chi connectivity index (χ0v) is 14.3. The molecule has 1 aliphatic rings. The average Bonchev–Trinajstić information content (AvgIpc) is 3.04. The van der Waals surface area contributed by atoms with Crippen molar-refractivity contribution in [2.75, 3.05) is 38.1 Å². The van der Waals surface area contributed by atoms with Crippen molar-refractivity contribution in [3.8, 4) is 0 Å². The maximum atomic E-state index is 12.5. The summed E-state index contributed by atoms with van der Waals surface area (Å²) in [5.74, 6) is -0.352. The molecule has 1 amide bonds. The largest absolute Gasteiger partial charge is 0.376 e. The van der Waals surface area contributed by atoms with Gasteiger partial charge in [-0.2, -0.15) is 12.7 Å². The van der Waals surface area contributed by atoms with Crippen molar-refractivity contribution >= 4 is 21.8 Å². The summed E-state index contributed by atoms with van der Waals surface area (Å²) in [6.07, 6.45) is 1.93. The van der Waals surface area contributed by atoms with Gasteiger partial charge in [-0.3, -0.25) is 4.79 Å². The Hall–Kier alpha value is -1.64. The topological polar surface area (TPSA) is 79.0 Å². The molecular formula is C15H23N3O4S. The molecule has 0 bridgehead atoms. The lowest BCUT2D eigenvalue weighted by molar-refractivity contribution is -0.120. The maximum absolute atomic E-state index is 12.5. The first kappa shape index (κ1) is 17.7. The molecule has 1 heterocycles. The zero-order chi connectivity index (χ0) is 16.9. The predicted octanol–water partition coefficient (Wildman–Crippen LogP) is 0.595. The third-order valence-electron chi connectivity index (χ3n) is 3.62. The van der Waals surface area contributed by atoms with Crippen LogP contribution in [-0.4, -0.2) is 58.5 Å². The molecule has 1 aromatic carbocycles. The van der Waals surface area contributed by atoms with Crippen molar-refractivity contribution in [3.05, 3.63) is 30.3 Å². The summed E-state index contributed by atoms with van der Waals surface area (Å²) in [5, 5.41) is 2.75. The van der Waals surface area contributed by atoms with E-state index < -0.39 is 10.2 Å². The van der Waals surface area contributed by atoms with Gasteiger partial charge in [-0.05, 0) is 25.0 Å². The first-order valence-corrected chi connectivity index (χ1v) is 8.94. The normalized spacial score (nSPS) is 18.1. The van der Waals surface area contributed by atoms with E-state index >= 15 is 0 Å². The Morgan fingerprint density at radius 2 is 2.00 bits per heavy atom. The second kappa shape index (κ2) is 7.76. The summed E-state index contributed by atoms with van der Waals surface area (Å²) in [6, 6.07) is 8.58. The van der Waals surface area contributed by atoms with Crippen molar-refractivity contribution in [1.29, 1.82) is 0 Å². The quantitative estimate of drug-likeness (QED) is 0.787. The van der Waals surface area contributed by atoms with Crippen molar-refractivity contribution in [2.45, 2.75) is 18.9 Å². The van der Waals surface area contributed by atoms with Crippen LogP contribution in [0.1, 0.15) is 12.8 Å². The molecule has 1 N–H and O–H groups in total. The third kappa shape index (κ3) is 4.66. The fourth-order valence-corrected chi connectivity index (χ4v) is 3.38. The van der Waals surface area contributed by atoms with Gasteiger partial charge in [0.25, 0.3) is 0 Å². The second-order valence-corrected chi connectivity index (χ2v) is 7.64. The van der Waals surface area contributed by atoms with Crippen LogP contribution in [0.15, 0.2) is 30.3 Å². The smallest absolute Gasteiger partial charge is 0.304 e. The minimum Gasteiger partial charge on any atom is -0.376 e. The molecule has 0 radical (unpaired) electrons. The first-order chi connectivity index (χ1) is 10.9. The number of para-hydroxylation sites is 1. The van der Waals surface area contributed by atoms with E-state index in [0.717, 1.165) is 21.5 Å². The van der Waals surface area contributed by atoms with Gasteiger partial charge < -0.3 is 10.1 Å². The Labute approximate surface area is 137 Å². The molecule has 1 saturated heterocycles. The van der Waals surface area contributed by atoms with Crippen LogP contribution in [0.3, 0.4) is 0 Å². The van der Waals surface area contributed by atoms with E-state index in [1.54, 1.807) is 30.3 Å². The van der Waals surface area contributed by atoms with E-state index in [4.69, 9.17) is 4.74 Å². The number of carbonyl (C=O) groups is 1. The summed E-state index contributed by atoms with van der Waals surface area (Å²) in [4.78, 5) is 12.2. The van der Waals surface area contributed by atoms with E-state index in [2.05, 4.69) is 5.32 Å². The monoisotopic (exact) mass is 341 g/mol. The number of hydrogen-bond acceptors (Lipinski definition) is 4. The molecule has 0 aliphatic carbocycles. The number of nitrogens with zero attached hydrogens (tertiary/aromatic N) is 2. The molecule has 0 spiro atoms. The average molecular weight is 341 g/mol. The van der Waals surface area contributed by atoms with Gasteiger partial charge in [0.1, 0.15) is 6.54 Å². The molecule has 0 saturated carbocycles. The summed E-state index contributed by atoms with van der Waals surface area (Å²) < 4.78 is 32.6. The first-order valence-electron chi connectivity index (χ1n) is 7.55. The molecule has 1 aliphatic heterocycles. The van der Waals surface area contributed by atoms with Gasteiger partial charge in [0, 0.05) is 27.2 Å². The standard InChI is InChI=1S/C15H23N3O4S/c1-17(2)23(20,21)18(13-7-4-3-5-8-13)12-15(19)16-11-14-9-6-10-22-14/h3-5,7-8,14H,6,9-12H2,1-2H3,(H,16,19). The van der Waals surface area contributed by atoms with Gasteiger partial charge in [-0.15, -0.1) is 0 Å². The van der Waals surface area contributed by atoms with E-state index in [1.165, 1.54) is 14.1 Å². The van der Waals surface area contributed by atoms with Crippen LogP contribution in [0.5, 0.6) is 0 Å². The van der Waals surface area contributed by atoms with Crippen molar-refractivity contribution in [1.82, 2.24) is 9.62 Å². The highest BCUT2D eigenvalue weighted by atomic mass is 32.2. The molecule has 1 unspecified atom stereocenters. The van der Waals surface area contributed by atoms with E-state index in [9.17, 15) is 13.2 Å². The lowest BCUT2D eigenvalue weighted by atomic mass is 10.2. The van der Waals surface area contributed by atoms with Gasteiger partial charge in [0.2, 0.25) is 5.91 Å². The molecule has 7 nitrogen and oxygen atoms in total. The lowest BCUT2D eigenvalue weighted by Crippen LogP contribution is -2.46. The zero-order valence-electron chi connectivity index (χ0n) is 13.4. The minimum absolute atomic E-state index is 0.0228. The molecule has 1 aromatic rings. The Morgan fingerprint density at radius 1 is 1.30 bits per heavy atom. The number of carbonyl (C=O) groups excluding carboxylic acids is 1. The Kier molecular flexibility index (Phi) is 5.97. The van der Waals surface area contributed by atoms with Gasteiger partial charge in [-0.25, -0.2) is 4.31 Å². The second-order valence-electron chi connectivity index (χ2n) is 5.57. The highest BCUT2D eigenvalue weighted by molar-refractivity contribution is 7.90. The molecular weight excluding hydrogens is 318 g/mol. The summed E-state index contributed by atoms with van der Waals surface area (Å²) in [5.41, 5.74) is 0.452. The molecule has 2 rings (SSSR count). The van der Waals surface area contributed by atoms with Crippen LogP contribution < -0.4 is 9.62 Å². The van der Waals surface area contributed by atoms with Crippen molar-refractivity contribution in [3.63, 3.8) is 0 Å².